The number of halogens is 1. The molecule has 0 spiro atoms. The number of carbonyl (C=O) groups is 1. The lowest BCUT2D eigenvalue weighted by atomic mass is 10.1. The van der Waals surface area contributed by atoms with E-state index in [1.807, 2.05) is 12.1 Å². The number of benzene rings is 1. The molecule has 2 aromatic rings. The van der Waals surface area contributed by atoms with Gasteiger partial charge in [-0.2, -0.15) is 0 Å². The molecule has 0 radical (unpaired) electrons. The van der Waals surface area contributed by atoms with Gasteiger partial charge >= 0.3 is 5.97 Å². The first kappa shape index (κ1) is 14.4. The van der Waals surface area contributed by atoms with Crippen LogP contribution in [0.3, 0.4) is 0 Å². The van der Waals surface area contributed by atoms with Crippen LogP contribution in [-0.2, 0) is 16.3 Å². The van der Waals surface area contributed by atoms with Crippen molar-refractivity contribution in [3.63, 3.8) is 0 Å². The van der Waals surface area contributed by atoms with Gasteiger partial charge in [0.1, 0.15) is 11.6 Å². The molecule has 5 heteroatoms. The normalized spacial score (nSPS) is 11.1. The van der Waals surface area contributed by atoms with Crippen molar-refractivity contribution in [3.8, 4) is 0 Å². The molecule has 0 amide bonds. The van der Waals surface area contributed by atoms with E-state index in [1.54, 1.807) is 30.2 Å². The van der Waals surface area contributed by atoms with Crippen LogP contribution in [0.25, 0.3) is 6.08 Å². The highest BCUT2D eigenvalue weighted by atomic mass is 32.2. The van der Waals surface area contributed by atoms with Gasteiger partial charge in [0.2, 0.25) is 0 Å². The monoisotopic (exact) mass is 292 g/mol. The Hall–Kier alpha value is -2.01. The van der Waals surface area contributed by atoms with Gasteiger partial charge in [0.25, 0.3) is 0 Å². The lowest BCUT2D eigenvalue weighted by Crippen LogP contribution is -1.90. The summed E-state index contributed by atoms with van der Waals surface area (Å²) in [6, 6.07) is 8.44. The average Bonchev–Trinajstić information content (AvgIpc) is 2.92. The first-order chi connectivity index (χ1) is 9.65. The zero-order valence-electron chi connectivity index (χ0n) is 10.6. The molecule has 0 bridgehead atoms. The van der Waals surface area contributed by atoms with Crippen LogP contribution < -0.4 is 0 Å². The molecule has 0 aliphatic carbocycles. The van der Waals surface area contributed by atoms with E-state index >= 15 is 0 Å². The summed E-state index contributed by atoms with van der Waals surface area (Å²) in [5, 5.41) is 8.56. The molecule has 0 saturated heterocycles. The Balaban J connectivity index is 1.98. The number of carboxylic acid groups (broad SMARTS) is 1. The Morgan fingerprint density at radius 3 is 2.90 bits per heavy atom. The first-order valence-electron chi connectivity index (χ1n) is 5.95. The van der Waals surface area contributed by atoms with E-state index in [4.69, 9.17) is 9.52 Å². The highest BCUT2D eigenvalue weighted by Crippen LogP contribution is 2.20. The third kappa shape index (κ3) is 4.28. The number of furan rings is 1. The van der Waals surface area contributed by atoms with Gasteiger partial charge in [0.05, 0.1) is 12.0 Å². The molecule has 1 heterocycles. The van der Waals surface area contributed by atoms with Gasteiger partial charge in [0, 0.05) is 17.4 Å². The lowest BCUT2D eigenvalue weighted by molar-refractivity contribution is -0.131. The standard InChI is InChI=1S/C15H13FO3S/c16-14-5-3-11(8-12(14)4-6-15(17)18)9-20-10-13-2-1-7-19-13/h1-8H,9-10H2,(H,17,18). The second kappa shape index (κ2) is 6.96. The molecule has 0 unspecified atom stereocenters. The minimum absolute atomic E-state index is 0.281. The van der Waals surface area contributed by atoms with Gasteiger partial charge in [-0.15, -0.1) is 11.8 Å². The van der Waals surface area contributed by atoms with Crippen LogP contribution in [0.1, 0.15) is 16.9 Å². The van der Waals surface area contributed by atoms with E-state index < -0.39 is 11.8 Å². The van der Waals surface area contributed by atoms with E-state index in [9.17, 15) is 9.18 Å². The fourth-order valence-electron chi connectivity index (χ4n) is 1.64. The third-order valence-electron chi connectivity index (χ3n) is 2.56. The van der Waals surface area contributed by atoms with Crippen LogP contribution in [0.2, 0.25) is 0 Å². The van der Waals surface area contributed by atoms with Crippen molar-refractivity contribution in [2.45, 2.75) is 11.5 Å². The van der Waals surface area contributed by atoms with Crippen LogP contribution >= 0.6 is 11.8 Å². The Bertz CT molecular complexity index is 606. The molecular weight excluding hydrogens is 279 g/mol. The molecule has 1 aromatic heterocycles. The Morgan fingerprint density at radius 1 is 1.35 bits per heavy atom. The van der Waals surface area contributed by atoms with Crippen LogP contribution in [0.5, 0.6) is 0 Å². The zero-order valence-corrected chi connectivity index (χ0v) is 11.4. The van der Waals surface area contributed by atoms with Crippen LogP contribution in [0.15, 0.2) is 47.1 Å². The smallest absolute Gasteiger partial charge is 0.328 e. The molecule has 0 aliphatic rings. The van der Waals surface area contributed by atoms with Crippen molar-refractivity contribution >= 4 is 23.8 Å². The van der Waals surface area contributed by atoms with E-state index in [0.29, 0.717) is 5.75 Å². The minimum Gasteiger partial charge on any atom is -0.478 e. The molecule has 2 rings (SSSR count). The summed E-state index contributed by atoms with van der Waals surface area (Å²) in [5.41, 5.74) is 1.22. The van der Waals surface area contributed by atoms with Crippen molar-refractivity contribution in [2.24, 2.45) is 0 Å². The summed E-state index contributed by atoms with van der Waals surface area (Å²) in [6.45, 7) is 0. The number of thioether (sulfide) groups is 1. The Labute approximate surface area is 120 Å². The number of aliphatic carboxylic acids is 1. The van der Waals surface area contributed by atoms with E-state index in [0.717, 1.165) is 23.2 Å². The van der Waals surface area contributed by atoms with Gasteiger partial charge in [-0.05, 0) is 35.9 Å². The molecule has 0 fully saturated rings. The second-order valence-electron chi connectivity index (χ2n) is 4.10. The topological polar surface area (TPSA) is 50.4 Å². The van der Waals surface area contributed by atoms with Gasteiger partial charge in [-0.3, -0.25) is 0 Å². The fourth-order valence-corrected chi connectivity index (χ4v) is 2.52. The molecule has 3 nitrogen and oxygen atoms in total. The maximum atomic E-state index is 13.5. The van der Waals surface area contributed by atoms with Crippen molar-refractivity contribution in [1.82, 2.24) is 0 Å². The lowest BCUT2D eigenvalue weighted by Gasteiger charge is -2.03. The van der Waals surface area contributed by atoms with Gasteiger partial charge in [-0.1, -0.05) is 6.07 Å². The highest BCUT2D eigenvalue weighted by Gasteiger charge is 2.03. The summed E-state index contributed by atoms with van der Waals surface area (Å²) < 4.78 is 18.7. The highest BCUT2D eigenvalue weighted by molar-refractivity contribution is 7.97. The molecule has 1 aromatic carbocycles. The average molecular weight is 292 g/mol. The van der Waals surface area contributed by atoms with Crippen molar-refractivity contribution in [3.05, 3.63) is 65.4 Å². The quantitative estimate of drug-likeness (QED) is 0.819. The maximum Gasteiger partial charge on any atom is 0.328 e. The van der Waals surface area contributed by atoms with E-state index in [-0.39, 0.29) is 5.56 Å². The SMILES string of the molecule is O=C(O)C=Cc1cc(CSCc2ccco2)ccc1F. The summed E-state index contributed by atoms with van der Waals surface area (Å²) in [6.07, 6.45) is 3.82. The van der Waals surface area contributed by atoms with Crippen LogP contribution in [0, 0.1) is 5.82 Å². The largest absolute Gasteiger partial charge is 0.478 e. The molecule has 104 valence electrons. The molecule has 0 atom stereocenters. The first-order valence-corrected chi connectivity index (χ1v) is 7.10. The number of hydrogen-bond donors (Lipinski definition) is 1. The summed E-state index contributed by atoms with van der Waals surface area (Å²) in [4.78, 5) is 10.4. The predicted molar refractivity (Wildman–Crippen MR) is 76.8 cm³/mol. The zero-order chi connectivity index (χ0) is 14.4. The van der Waals surface area contributed by atoms with Gasteiger partial charge in [-0.25, -0.2) is 9.18 Å². The number of hydrogen-bond acceptors (Lipinski definition) is 3. The van der Waals surface area contributed by atoms with Crippen molar-refractivity contribution < 1.29 is 18.7 Å². The second-order valence-corrected chi connectivity index (χ2v) is 5.09. The molecule has 1 N–H and O–H groups in total. The Kier molecular flexibility index (Phi) is 5.01. The minimum atomic E-state index is -1.10. The van der Waals surface area contributed by atoms with Crippen LogP contribution in [-0.4, -0.2) is 11.1 Å². The van der Waals surface area contributed by atoms with Crippen LogP contribution in [0.4, 0.5) is 4.39 Å². The summed E-state index contributed by atoms with van der Waals surface area (Å²) in [7, 11) is 0. The molecular formula is C15H13FO3S. The molecule has 0 saturated carbocycles. The predicted octanol–water partition coefficient (Wildman–Crippen LogP) is 3.95. The maximum absolute atomic E-state index is 13.5. The summed E-state index contributed by atoms with van der Waals surface area (Å²) >= 11 is 1.65. The fraction of sp³-hybridized carbons (Fsp3) is 0.133. The molecule has 20 heavy (non-hydrogen) atoms. The summed E-state index contributed by atoms with van der Waals surface area (Å²) in [5.74, 6) is 0.812. The Morgan fingerprint density at radius 2 is 2.20 bits per heavy atom. The molecule has 0 aliphatic heterocycles. The number of carboxylic acids is 1. The van der Waals surface area contributed by atoms with E-state index in [1.165, 1.54) is 12.1 Å². The van der Waals surface area contributed by atoms with Crippen molar-refractivity contribution in [2.75, 3.05) is 0 Å². The van der Waals surface area contributed by atoms with Gasteiger partial charge < -0.3 is 9.52 Å². The number of rotatable bonds is 6. The van der Waals surface area contributed by atoms with Crippen molar-refractivity contribution in [1.29, 1.82) is 0 Å². The van der Waals surface area contributed by atoms with E-state index in [2.05, 4.69) is 0 Å². The third-order valence-corrected chi connectivity index (χ3v) is 3.59. The van der Waals surface area contributed by atoms with Gasteiger partial charge in [0.15, 0.2) is 0 Å².